The van der Waals surface area contributed by atoms with Gasteiger partial charge in [-0.2, -0.15) is 0 Å². The monoisotopic (exact) mass is 317 g/mol. The van der Waals surface area contributed by atoms with E-state index in [1.54, 1.807) is 0 Å². The Morgan fingerprint density at radius 3 is 2.63 bits per heavy atom. The standard InChI is InChI=1S/C16H16BrNO/c1-2-15(18)11-6-5-7-12(10-11)16(19)13-8-3-4-9-14(13)17/h3-10,15H,2,18H2,1H3. The summed E-state index contributed by atoms with van der Waals surface area (Å²) in [4.78, 5) is 12.5. The Morgan fingerprint density at radius 1 is 1.21 bits per heavy atom. The van der Waals surface area contributed by atoms with Crippen LogP contribution in [0.25, 0.3) is 0 Å². The van der Waals surface area contributed by atoms with Gasteiger partial charge in [0, 0.05) is 21.6 Å². The minimum atomic E-state index is -0.0213. The summed E-state index contributed by atoms with van der Waals surface area (Å²) in [7, 11) is 0. The Kier molecular flexibility index (Phi) is 4.51. The van der Waals surface area contributed by atoms with Crippen molar-refractivity contribution in [3.05, 3.63) is 69.7 Å². The van der Waals surface area contributed by atoms with Crippen molar-refractivity contribution in [3.8, 4) is 0 Å². The summed E-state index contributed by atoms with van der Waals surface area (Å²) in [6, 6.07) is 15.0. The van der Waals surface area contributed by atoms with Crippen molar-refractivity contribution in [1.82, 2.24) is 0 Å². The third-order valence-corrected chi connectivity index (χ3v) is 3.83. The van der Waals surface area contributed by atoms with Crippen LogP contribution in [0, 0.1) is 0 Å². The van der Waals surface area contributed by atoms with Crippen molar-refractivity contribution < 1.29 is 4.79 Å². The van der Waals surface area contributed by atoms with Crippen LogP contribution in [-0.2, 0) is 0 Å². The summed E-state index contributed by atoms with van der Waals surface area (Å²) >= 11 is 3.41. The summed E-state index contributed by atoms with van der Waals surface area (Å²) in [5.41, 5.74) is 8.36. The maximum Gasteiger partial charge on any atom is 0.194 e. The third-order valence-electron chi connectivity index (χ3n) is 3.14. The van der Waals surface area contributed by atoms with Crippen molar-refractivity contribution in [3.63, 3.8) is 0 Å². The third kappa shape index (κ3) is 3.11. The van der Waals surface area contributed by atoms with Gasteiger partial charge in [-0.1, -0.05) is 53.2 Å². The van der Waals surface area contributed by atoms with Gasteiger partial charge >= 0.3 is 0 Å². The highest BCUT2D eigenvalue weighted by atomic mass is 79.9. The molecule has 0 aliphatic carbocycles. The average molecular weight is 318 g/mol. The molecule has 1 atom stereocenters. The lowest BCUT2D eigenvalue weighted by Gasteiger charge is -2.11. The topological polar surface area (TPSA) is 43.1 Å². The van der Waals surface area contributed by atoms with E-state index in [4.69, 9.17) is 5.73 Å². The van der Waals surface area contributed by atoms with Crippen LogP contribution >= 0.6 is 15.9 Å². The van der Waals surface area contributed by atoms with Crippen molar-refractivity contribution in [2.75, 3.05) is 0 Å². The van der Waals surface area contributed by atoms with E-state index in [0.29, 0.717) is 11.1 Å². The molecule has 0 fully saturated rings. The molecule has 0 aromatic heterocycles. The van der Waals surface area contributed by atoms with Gasteiger partial charge in [0.15, 0.2) is 5.78 Å². The summed E-state index contributed by atoms with van der Waals surface area (Å²) < 4.78 is 0.810. The lowest BCUT2D eigenvalue weighted by Crippen LogP contribution is -2.10. The van der Waals surface area contributed by atoms with E-state index in [2.05, 4.69) is 15.9 Å². The fourth-order valence-electron chi connectivity index (χ4n) is 1.95. The number of benzene rings is 2. The predicted octanol–water partition coefficient (Wildman–Crippen LogP) is 4.09. The number of hydrogen-bond acceptors (Lipinski definition) is 2. The van der Waals surface area contributed by atoms with Gasteiger partial charge in [-0.15, -0.1) is 0 Å². The van der Waals surface area contributed by atoms with Gasteiger partial charge in [0.2, 0.25) is 0 Å². The van der Waals surface area contributed by atoms with E-state index in [1.165, 1.54) is 0 Å². The highest BCUT2D eigenvalue weighted by molar-refractivity contribution is 9.10. The zero-order valence-electron chi connectivity index (χ0n) is 10.8. The maximum absolute atomic E-state index is 12.5. The molecule has 2 rings (SSSR count). The molecule has 2 aromatic carbocycles. The minimum Gasteiger partial charge on any atom is -0.324 e. The van der Waals surface area contributed by atoms with Crippen LogP contribution in [0.1, 0.15) is 40.9 Å². The van der Waals surface area contributed by atoms with Crippen LogP contribution in [0.5, 0.6) is 0 Å². The minimum absolute atomic E-state index is 0.0117. The van der Waals surface area contributed by atoms with E-state index >= 15 is 0 Å². The highest BCUT2D eigenvalue weighted by Crippen LogP contribution is 2.22. The normalized spacial score (nSPS) is 12.2. The van der Waals surface area contributed by atoms with Crippen LogP contribution in [0.15, 0.2) is 53.0 Å². The summed E-state index contributed by atoms with van der Waals surface area (Å²) in [6.07, 6.45) is 0.854. The fraction of sp³-hybridized carbons (Fsp3) is 0.188. The Bertz CT molecular complexity index is 595. The molecule has 0 saturated carbocycles. The Balaban J connectivity index is 2.37. The van der Waals surface area contributed by atoms with Gasteiger partial charge in [-0.05, 0) is 30.2 Å². The van der Waals surface area contributed by atoms with E-state index in [1.807, 2.05) is 55.5 Å². The molecule has 1 unspecified atom stereocenters. The molecule has 3 heteroatoms. The molecular weight excluding hydrogens is 302 g/mol. The van der Waals surface area contributed by atoms with Crippen molar-refractivity contribution in [2.24, 2.45) is 5.73 Å². The molecule has 98 valence electrons. The van der Waals surface area contributed by atoms with Gasteiger partial charge in [0.05, 0.1) is 0 Å². The molecule has 0 radical (unpaired) electrons. The first-order valence-electron chi connectivity index (χ1n) is 6.28. The quantitative estimate of drug-likeness (QED) is 0.863. The number of carbonyl (C=O) groups is 1. The highest BCUT2D eigenvalue weighted by Gasteiger charge is 2.13. The molecule has 0 heterocycles. The van der Waals surface area contributed by atoms with Crippen LogP contribution in [0.2, 0.25) is 0 Å². The first kappa shape index (κ1) is 14.0. The second kappa shape index (κ2) is 6.13. The van der Waals surface area contributed by atoms with E-state index in [-0.39, 0.29) is 11.8 Å². The van der Waals surface area contributed by atoms with Crippen molar-refractivity contribution in [1.29, 1.82) is 0 Å². The molecule has 0 amide bonds. The Hall–Kier alpha value is -1.45. The first-order valence-corrected chi connectivity index (χ1v) is 7.07. The molecule has 0 spiro atoms. The molecule has 2 N–H and O–H groups in total. The van der Waals surface area contributed by atoms with E-state index < -0.39 is 0 Å². The number of ketones is 1. The van der Waals surface area contributed by atoms with Crippen molar-refractivity contribution >= 4 is 21.7 Å². The molecule has 0 saturated heterocycles. The number of nitrogens with two attached hydrogens (primary N) is 1. The molecule has 0 aliphatic heterocycles. The molecule has 0 aliphatic rings. The summed E-state index contributed by atoms with van der Waals surface area (Å²) in [5.74, 6) is 0.0117. The van der Waals surface area contributed by atoms with Crippen LogP contribution in [0.3, 0.4) is 0 Å². The van der Waals surface area contributed by atoms with Crippen LogP contribution in [0.4, 0.5) is 0 Å². The zero-order chi connectivity index (χ0) is 13.8. The summed E-state index contributed by atoms with van der Waals surface area (Å²) in [6.45, 7) is 2.03. The molecule has 2 nitrogen and oxygen atoms in total. The smallest absolute Gasteiger partial charge is 0.194 e. The number of rotatable bonds is 4. The van der Waals surface area contributed by atoms with Crippen molar-refractivity contribution in [2.45, 2.75) is 19.4 Å². The van der Waals surface area contributed by atoms with Gasteiger partial charge in [-0.25, -0.2) is 0 Å². The number of halogens is 1. The number of hydrogen-bond donors (Lipinski definition) is 1. The molecule has 0 bridgehead atoms. The summed E-state index contributed by atoms with van der Waals surface area (Å²) in [5, 5.41) is 0. The lowest BCUT2D eigenvalue weighted by molar-refractivity contribution is 0.103. The van der Waals surface area contributed by atoms with Gasteiger partial charge in [-0.3, -0.25) is 4.79 Å². The Morgan fingerprint density at radius 2 is 1.95 bits per heavy atom. The maximum atomic E-state index is 12.5. The van der Waals surface area contributed by atoms with E-state index in [0.717, 1.165) is 16.5 Å². The largest absolute Gasteiger partial charge is 0.324 e. The lowest BCUT2D eigenvalue weighted by atomic mass is 9.98. The van der Waals surface area contributed by atoms with Gasteiger partial charge in [0.1, 0.15) is 0 Å². The van der Waals surface area contributed by atoms with E-state index in [9.17, 15) is 4.79 Å². The zero-order valence-corrected chi connectivity index (χ0v) is 12.4. The SMILES string of the molecule is CCC(N)c1cccc(C(=O)c2ccccc2Br)c1. The number of carbonyl (C=O) groups excluding carboxylic acids is 1. The van der Waals surface area contributed by atoms with Crippen LogP contribution in [-0.4, -0.2) is 5.78 Å². The van der Waals surface area contributed by atoms with Gasteiger partial charge in [0.25, 0.3) is 0 Å². The predicted molar refractivity (Wildman–Crippen MR) is 81.2 cm³/mol. The molecule has 2 aromatic rings. The average Bonchev–Trinajstić information content (AvgIpc) is 2.46. The Labute approximate surface area is 121 Å². The first-order chi connectivity index (χ1) is 9.13. The molecule has 19 heavy (non-hydrogen) atoms. The van der Waals surface area contributed by atoms with Crippen LogP contribution < -0.4 is 5.73 Å². The fourth-order valence-corrected chi connectivity index (χ4v) is 2.41. The second-order valence-electron chi connectivity index (χ2n) is 4.45. The molecular formula is C16H16BrNO. The van der Waals surface area contributed by atoms with Gasteiger partial charge < -0.3 is 5.73 Å². The second-order valence-corrected chi connectivity index (χ2v) is 5.30.